The van der Waals surface area contributed by atoms with Gasteiger partial charge >= 0.3 is 0 Å². The molecule has 0 aliphatic carbocycles. The number of hydrogen-bond donors (Lipinski definition) is 1. The van der Waals surface area contributed by atoms with Crippen LogP contribution in [0.15, 0.2) is 28.7 Å². The fourth-order valence-corrected chi connectivity index (χ4v) is 2.25. The van der Waals surface area contributed by atoms with E-state index in [0.717, 1.165) is 35.1 Å². The molecule has 0 aliphatic rings. The predicted molar refractivity (Wildman–Crippen MR) is 70.0 cm³/mol. The average Bonchev–Trinajstić information content (AvgIpc) is 2.67. The van der Waals surface area contributed by atoms with Crippen LogP contribution in [-0.4, -0.2) is 5.11 Å². The molecule has 1 N–H and O–H groups in total. The van der Waals surface area contributed by atoms with E-state index in [4.69, 9.17) is 4.42 Å². The minimum Gasteiger partial charge on any atom is -0.462 e. The lowest BCUT2D eigenvalue weighted by molar-refractivity contribution is 0.126. The van der Waals surface area contributed by atoms with Crippen molar-refractivity contribution in [3.63, 3.8) is 0 Å². The number of fused-ring (bicyclic) bond motifs is 1. The molecule has 92 valence electrons. The van der Waals surface area contributed by atoms with Crippen LogP contribution in [0, 0.1) is 5.92 Å². The predicted octanol–water partition coefficient (Wildman–Crippen LogP) is 4.07. The Kier molecular flexibility index (Phi) is 3.53. The first kappa shape index (κ1) is 12.2. The van der Waals surface area contributed by atoms with Crippen LogP contribution in [0.3, 0.4) is 0 Å². The Morgan fingerprint density at radius 2 is 1.82 bits per heavy atom. The van der Waals surface area contributed by atoms with Crippen molar-refractivity contribution in [3.05, 3.63) is 35.8 Å². The molecule has 2 nitrogen and oxygen atoms in total. The molecule has 0 radical (unpaired) electrons. The third-order valence-corrected chi connectivity index (χ3v) is 3.04. The van der Waals surface area contributed by atoms with Gasteiger partial charge < -0.3 is 9.52 Å². The van der Waals surface area contributed by atoms with E-state index in [1.807, 2.05) is 18.2 Å². The molecule has 1 heterocycles. The highest BCUT2D eigenvalue weighted by molar-refractivity contribution is 5.87. The normalized spacial score (nSPS) is 13.5. The Bertz CT molecular complexity index is 497. The van der Waals surface area contributed by atoms with E-state index in [9.17, 15) is 5.11 Å². The Morgan fingerprint density at radius 3 is 2.41 bits per heavy atom. The van der Waals surface area contributed by atoms with Gasteiger partial charge in [-0.15, -0.1) is 0 Å². The van der Waals surface area contributed by atoms with E-state index >= 15 is 0 Å². The second kappa shape index (κ2) is 4.92. The van der Waals surface area contributed by atoms with Crippen LogP contribution in [0.2, 0.25) is 0 Å². The molecule has 1 aromatic heterocycles. The van der Waals surface area contributed by atoms with Crippen LogP contribution in [-0.2, 0) is 6.42 Å². The van der Waals surface area contributed by atoms with Crippen molar-refractivity contribution in [2.75, 3.05) is 0 Å². The topological polar surface area (TPSA) is 33.4 Å². The molecule has 1 aromatic carbocycles. The summed E-state index contributed by atoms with van der Waals surface area (Å²) in [6.45, 7) is 6.29. The summed E-state index contributed by atoms with van der Waals surface area (Å²) in [6.07, 6.45) is 1.09. The smallest absolute Gasteiger partial charge is 0.140 e. The van der Waals surface area contributed by atoms with Gasteiger partial charge in [0.25, 0.3) is 0 Å². The van der Waals surface area contributed by atoms with E-state index in [2.05, 4.69) is 26.8 Å². The molecule has 0 amide bonds. The van der Waals surface area contributed by atoms with Crippen molar-refractivity contribution in [1.29, 1.82) is 0 Å². The molecule has 0 spiro atoms. The Balaban J connectivity index is 2.46. The lowest BCUT2D eigenvalue weighted by Gasteiger charge is -2.10. The summed E-state index contributed by atoms with van der Waals surface area (Å²) >= 11 is 0. The lowest BCUT2D eigenvalue weighted by atomic mass is 10.0. The zero-order chi connectivity index (χ0) is 12.4. The van der Waals surface area contributed by atoms with Crippen molar-refractivity contribution in [3.8, 4) is 0 Å². The van der Waals surface area contributed by atoms with Gasteiger partial charge in [0.05, 0.1) is 0 Å². The molecule has 2 rings (SSSR count). The standard InChI is InChI=1S/C15H20O2/c1-4-14-11-7-5-6-8-12(11)15(17-14)13(16)9-10(2)3/h5-8,10,13,16H,4,9H2,1-3H3. The summed E-state index contributed by atoms with van der Waals surface area (Å²) in [5.74, 6) is 2.16. The molecule has 0 saturated carbocycles. The largest absolute Gasteiger partial charge is 0.462 e. The molecule has 1 unspecified atom stereocenters. The van der Waals surface area contributed by atoms with Crippen LogP contribution in [0.5, 0.6) is 0 Å². The van der Waals surface area contributed by atoms with E-state index < -0.39 is 6.10 Å². The first-order valence-corrected chi connectivity index (χ1v) is 6.31. The second-order valence-electron chi connectivity index (χ2n) is 4.93. The average molecular weight is 232 g/mol. The summed E-state index contributed by atoms with van der Waals surface area (Å²) in [4.78, 5) is 0. The maximum Gasteiger partial charge on any atom is 0.140 e. The van der Waals surface area contributed by atoms with Gasteiger partial charge in [0, 0.05) is 17.2 Å². The third-order valence-electron chi connectivity index (χ3n) is 3.04. The molecule has 0 fully saturated rings. The van der Waals surface area contributed by atoms with E-state index in [0.29, 0.717) is 5.92 Å². The number of benzene rings is 1. The number of aliphatic hydroxyl groups is 1. The highest BCUT2D eigenvalue weighted by atomic mass is 16.4. The molecule has 0 aliphatic heterocycles. The quantitative estimate of drug-likeness (QED) is 0.861. The molecule has 17 heavy (non-hydrogen) atoms. The number of aryl methyl sites for hydroxylation is 1. The van der Waals surface area contributed by atoms with Crippen molar-refractivity contribution in [2.45, 2.75) is 39.7 Å². The molecular formula is C15H20O2. The molecule has 1 atom stereocenters. The second-order valence-corrected chi connectivity index (χ2v) is 4.93. The van der Waals surface area contributed by atoms with E-state index in [-0.39, 0.29) is 0 Å². The Labute approximate surface area is 102 Å². The van der Waals surface area contributed by atoms with Gasteiger partial charge in [0.1, 0.15) is 17.6 Å². The van der Waals surface area contributed by atoms with Crippen molar-refractivity contribution in [1.82, 2.24) is 0 Å². The van der Waals surface area contributed by atoms with Crippen molar-refractivity contribution < 1.29 is 9.52 Å². The molecule has 2 aromatic rings. The maximum atomic E-state index is 10.2. The van der Waals surface area contributed by atoms with E-state index in [1.54, 1.807) is 0 Å². The summed E-state index contributed by atoms with van der Waals surface area (Å²) in [5, 5.41) is 12.4. The van der Waals surface area contributed by atoms with Crippen molar-refractivity contribution >= 4 is 10.8 Å². The van der Waals surface area contributed by atoms with Gasteiger partial charge in [-0.3, -0.25) is 0 Å². The zero-order valence-corrected chi connectivity index (χ0v) is 10.7. The number of aliphatic hydroxyl groups excluding tert-OH is 1. The van der Waals surface area contributed by atoms with Gasteiger partial charge in [0.15, 0.2) is 0 Å². The van der Waals surface area contributed by atoms with Gasteiger partial charge in [0.2, 0.25) is 0 Å². The van der Waals surface area contributed by atoms with Crippen molar-refractivity contribution in [2.24, 2.45) is 5.92 Å². The SMILES string of the molecule is CCc1oc(C(O)CC(C)C)c2ccccc12. The Hall–Kier alpha value is -1.28. The van der Waals surface area contributed by atoms with E-state index in [1.165, 1.54) is 0 Å². The molecule has 0 bridgehead atoms. The fourth-order valence-electron chi connectivity index (χ4n) is 2.25. The lowest BCUT2D eigenvalue weighted by Crippen LogP contribution is -2.00. The number of furan rings is 1. The first-order chi connectivity index (χ1) is 8.13. The molecular weight excluding hydrogens is 212 g/mol. The van der Waals surface area contributed by atoms with Crippen LogP contribution in [0.25, 0.3) is 10.8 Å². The maximum absolute atomic E-state index is 10.2. The highest BCUT2D eigenvalue weighted by Gasteiger charge is 2.19. The Morgan fingerprint density at radius 1 is 1.18 bits per heavy atom. The first-order valence-electron chi connectivity index (χ1n) is 6.31. The highest BCUT2D eigenvalue weighted by Crippen LogP contribution is 2.33. The van der Waals surface area contributed by atoms with Crippen LogP contribution in [0.4, 0.5) is 0 Å². The van der Waals surface area contributed by atoms with Gasteiger partial charge in [-0.05, 0) is 12.3 Å². The monoisotopic (exact) mass is 232 g/mol. The summed E-state index contributed by atoms with van der Waals surface area (Å²) in [7, 11) is 0. The van der Waals surface area contributed by atoms with Gasteiger partial charge in [-0.1, -0.05) is 45.0 Å². The fraction of sp³-hybridized carbons (Fsp3) is 0.467. The minimum absolute atomic E-state index is 0.457. The zero-order valence-electron chi connectivity index (χ0n) is 10.7. The molecule has 0 saturated heterocycles. The van der Waals surface area contributed by atoms with Crippen LogP contribution in [0.1, 0.15) is 44.8 Å². The minimum atomic E-state index is -0.500. The summed E-state index contributed by atoms with van der Waals surface area (Å²) in [6, 6.07) is 8.08. The number of hydrogen-bond acceptors (Lipinski definition) is 2. The summed E-state index contributed by atoms with van der Waals surface area (Å²) < 4.78 is 5.83. The molecule has 2 heteroatoms. The summed E-state index contributed by atoms with van der Waals surface area (Å²) in [5.41, 5.74) is 0. The van der Waals surface area contributed by atoms with Crippen LogP contribution < -0.4 is 0 Å². The van der Waals surface area contributed by atoms with Crippen LogP contribution >= 0.6 is 0 Å². The third kappa shape index (κ3) is 2.37. The number of rotatable bonds is 4. The van der Waals surface area contributed by atoms with Gasteiger partial charge in [-0.25, -0.2) is 0 Å². The van der Waals surface area contributed by atoms with Gasteiger partial charge in [-0.2, -0.15) is 0 Å².